The van der Waals surface area contributed by atoms with E-state index in [0.717, 1.165) is 12.8 Å². The number of ketones is 1. The molecule has 0 radical (unpaired) electrons. The van der Waals surface area contributed by atoms with Crippen LogP contribution in [0.3, 0.4) is 0 Å². The van der Waals surface area contributed by atoms with Crippen molar-refractivity contribution in [2.75, 3.05) is 20.0 Å². The van der Waals surface area contributed by atoms with Crippen LogP contribution in [0.15, 0.2) is 11.5 Å². The maximum absolute atomic E-state index is 11.9. The Labute approximate surface area is 95.6 Å². The van der Waals surface area contributed by atoms with Crippen LogP contribution >= 0.6 is 0 Å². The van der Waals surface area contributed by atoms with Gasteiger partial charge < -0.3 is 14.2 Å². The first-order chi connectivity index (χ1) is 7.58. The van der Waals surface area contributed by atoms with Gasteiger partial charge in [-0.15, -0.1) is 0 Å². The van der Waals surface area contributed by atoms with Crippen molar-refractivity contribution in [2.24, 2.45) is 5.41 Å². The van der Waals surface area contributed by atoms with Crippen LogP contribution in [0.2, 0.25) is 0 Å². The summed E-state index contributed by atoms with van der Waals surface area (Å²) in [7, 11) is 0. The van der Waals surface area contributed by atoms with Crippen molar-refractivity contribution in [3.05, 3.63) is 11.5 Å². The quantitative estimate of drug-likeness (QED) is 0.633. The normalized spacial score (nSPS) is 25.8. The zero-order valence-corrected chi connectivity index (χ0v) is 9.88. The molecular weight excluding hydrogens is 208 g/mol. The molecule has 0 fully saturated rings. The number of Topliss-reactive ketones (excluding diaryl/α,β-unsaturated/α-hetero) is 1. The molecule has 0 aromatic carbocycles. The van der Waals surface area contributed by atoms with E-state index in [1.165, 1.54) is 0 Å². The maximum atomic E-state index is 11.9. The Hall–Kier alpha value is -1.03. The second-order valence-corrected chi connectivity index (χ2v) is 5.07. The Morgan fingerprint density at radius 3 is 2.75 bits per heavy atom. The Morgan fingerprint density at radius 2 is 1.94 bits per heavy atom. The van der Waals surface area contributed by atoms with Crippen molar-refractivity contribution in [3.8, 4) is 0 Å². The van der Waals surface area contributed by atoms with E-state index in [1.54, 1.807) is 0 Å². The van der Waals surface area contributed by atoms with Crippen molar-refractivity contribution in [2.45, 2.75) is 33.1 Å². The van der Waals surface area contributed by atoms with E-state index in [0.29, 0.717) is 31.2 Å². The summed E-state index contributed by atoms with van der Waals surface area (Å²) in [6.45, 7) is 5.47. The standard InChI is InChI=1S/C12H18O4/c1-12(2)6-9(13)11-10(7-12)16-8-14-4-3-5-15-11/h3-8H2,1-2H3. The molecule has 0 saturated heterocycles. The molecule has 0 atom stereocenters. The van der Waals surface area contributed by atoms with Gasteiger partial charge in [0.25, 0.3) is 0 Å². The van der Waals surface area contributed by atoms with Crippen molar-refractivity contribution in [1.82, 2.24) is 0 Å². The third kappa shape index (κ3) is 2.55. The number of hydrogen-bond acceptors (Lipinski definition) is 4. The highest BCUT2D eigenvalue weighted by Crippen LogP contribution is 2.37. The molecule has 1 aliphatic heterocycles. The van der Waals surface area contributed by atoms with Crippen molar-refractivity contribution in [1.29, 1.82) is 0 Å². The summed E-state index contributed by atoms with van der Waals surface area (Å²) < 4.78 is 16.2. The Morgan fingerprint density at radius 1 is 1.12 bits per heavy atom. The molecule has 1 heterocycles. The molecule has 16 heavy (non-hydrogen) atoms. The average molecular weight is 226 g/mol. The number of allylic oxidation sites excluding steroid dienone is 2. The molecule has 4 nitrogen and oxygen atoms in total. The first-order valence-corrected chi connectivity index (χ1v) is 5.68. The molecule has 0 N–H and O–H groups in total. The average Bonchev–Trinajstić information content (AvgIpc) is 2.27. The summed E-state index contributed by atoms with van der Waals surface area (Å²) in [5.74, 6) is 1.13. The van der Waals surface area contributed by atoms with Crippen LogP contribution < -0.4 is 0 Å². The Bertz CT molecular complexity index is 317. The molecule has 2 rings (SSSR count). The predicted molar refractivity (Wildman–Crippen MR) is 57.5 cm³/mol. The minimum absolute atomic E-state index is 0.0483. The van der Waals surface area contributed by atoms with Crippen molar-refractivity contribution in [3.63, 3.8) is 0 Å². The molecule has 90 valence electrons. The van der Waals surface area contributed by atoms with Gasteiger partial charge in [0.05, 0.1) is 13.2 Å². The lowest BCUT2D eigenvalue weighted by atomic mass is 9.79. The lowest BCUT2D eigenvalue weighted by Crippen LogP contribution is -2.28. The van der Waals surface area contributed by atoms with Gasteiger partial charge in [-0.05, 0) is 5.41 Å². The molecule has 0 aromatic heterocycles. The highest BCUT2D eigenvalue weighted by atomic mass is 16.7. The van der Waals surface area contributed by atoms with Crippen LogP contribution in [0.5, 0.6) is 0 Å². The monoisotopic (exact) mass is 226 g/mol. The van der Waals surface area contributed by atoms with Crippen LogP contribution in [-0.4, -0.2) is 25.8 Å². The van der Waals surface area contributed by atoms with Gasteiger partial charge >= 0.3 is 0 Å². The van der Waals surface area contributed by atoms with E-state index in [9.17, 15) is 4.79 Å². The Balaban J connectivity index is 2.21. The zero-order valence-electron chi connectivity index (χ0n) is 9.88. The third-order valence-corrected chi connectivity index (χ3v) is 2.78. The van der Waals surface area contributed by atoms with Crippen LogP contribution in [0.25, 0.3) is 0 Å². The number of ether oxygens (including phenoxy) is 3. The second-order valence-electron chi connectivity index (χ2n) is 5.07. The summed E-state index contributed by atoms with van der Waals surface area (Å²) in [6, 6.07) is 0. The van der Waals surface area contributed by atoms with Crippen molar-refractivity contribution >= 4 is 5.78 Å². The van der Waals surface area contributed by atoms with Gasteiger partial charge in [-0.25, -0.2) is 0 Å². The summed E-state index contributed by atoms with van der Waals surface area (Å²) in [5, 5.41) is 0. The van der Waals surface area contributed by atoms with Crippen LogP contribution in [0, 0.1) is 5.41 Å². The second kappa shape index (κ2) is 4.45. The summed E-state index contributed by atoms with van der Waals surface area (Å²) in [4.78, 5) is 11.9. The first-order valence-electron chi connectivity index (χ1n) is 5.68. The zero-order chi connectivity index (χ0) is 11.6. The molecule has 0 spiro atoms. The van der Waals surface area contributed by atoms with Gasteiger partial charge in [0.2, 0.25) is 5.78 Å². The van der Waals surface area contributed by atoms with Gasteiger partial charge in [0, 0.05) is 19.3 Å². The van der Waals surface area contributed by atoms with Gasteiger partial charge in [-0.2, -0.15) is 0 Å². The topological polar surface area (TPSA) is 44.8 Å². The van der Waals surface area contributed by atoms with Gasteiger partial charge in [0.1, 0.15) is 5.76 Å². The Kier molecular flexibility index (Phi) is 3.19. The predicted octanol–water partition coefficient (Wildman–Crippen LogP) is 2.00. The van der Waals surface area contributed by atoms with Crippen LogP contribution in [-0.2, 0) is 19.0 Å². The fourth-order valence-electron chi connectivity index (χ4n) is 2.03. The number of carbonyl (C=O) groups excluding carboxylic acids is 1. The highest BCUT2D eigenvalue weighted by Gasteiger charge is 2.35. The molecule has 0 aromatic rings. The molecule has 0 amide bonds. The fraction of sp³-hybridized carbons (Fsp3) is 0.750. The van der Waals surface area contributed by atoms with E-state index >= 15 is 0 Å². The molecule has 0 unspecified atom stereocenters. The molecule has 0 saturated carbocycles. The maximum Gasteiger partial charge on any atom is 0.201 e. The minimum Gasteiger partial charge on any atom is -0.487 e. The van der Waals surface area contributed by atoms with E-state index in [-0.39, 0.29) is 18.0 Å². The summed E-state index contributed by atoms with van der Waals surface area (Å²) >= 11 is 0. The molecule has 1 aliphatic carbocycles. The summed E-state index contributed by atoms with van der Waals surface area (Å²) in [5.41, 5.74) is -0.0483. The van der Waals surface area contributed by atoms with E-state index in [4.69, 9.17) is 14.2 Å². The molecule has 0 bridgehead atoms. The van der Waals surface area contributed by atoms with Crippen LogP contribution in [0.1, 0.15) is 33.1 Å². The van der Waals surface area contributed by atoms with E-state index < -0.39 is 0 Å². The lowest BCUT2D eigenvalue weighted by molar-refractivity contribution is -0.123. The molecule has 2 aliphatic rings. The van der Waals surface area contributed by atoms with Gasteiger partial charge in [-0.3, -0.25) is 4.79 Å². The third-order valence-electron chi connectivity index (χ3n) is 2.78. The number of rotatable bonds is 0. The molecular formula is C12H18O4. The number of carbonyl (C=O) groups is 1. The molecule has 4 heteroatoms. The highest BCUT2D eigenvalue weighted by molar-refractivity contribution is 5.95. The van der Waals surface area contributed by atoms with Crippen molar-refractivity contribution < 1.29 is 19.0 Å². The largest absolute Gasteiger partial charge is 0.487 e. The fourth-order valence-corrected chi connectivity index (χ4v) is 2.03. The lowest BCUT2D eigenvalue weighted by Gasteiger charge is -2.30. The van der Waals surface area contributed by atoms with Crippen LogP contribution in [0.4, 0.5) is 0 Å². The first kappa shape index (κ1) is 11.5. The van der Waals surface area contributed by atoms with E-state index in [2.05, 4.69) is 13.8 Å². The summed E-state index contributed by atoms with van der Waals surface area (Å²) in [6.07, 6.45) is 2.05. The minimum atomic E-state index is -0.0483. The number of hydrogen-bond donors (Lipinski definition) is 0. The van der Waals surface area contributed by atoms with Gasteiger partial charge in [-0.1, -0.05) is 13.8 Å². The SMILES string of the molecule is CC1(C)CC(=O)C2=C(C1)OCOCCCO2. The van der Waals surface area contributed by atoms with Gasteiger partial charge in [0.15, 0.2) is 12.6 Å². The van der Waals surface area contributed by atoms with E-state index in [1.807, 2.05) is 0 Å². The smallest absolute Gasteiger partial charge is 0.201 e.